The molecule has 4 rings (SSSR count). The summed E-state index contributed by atoms with van der Waals surface area (Å²) in [6, 6.07) is 11.0. The molecular formula is C20H21BrN2O. The van der Waals surface area contributed by atoms with Crippen LogP contribution in [0.4, 0.5) is 0 Å². The third-order valence-electron chi connectivity index (χ3n) is 5.07. The molecule has 1 aliphatic rings. The lowest BCUT2D eigenvalue weighted by molar-refractivity contribution is 0.401. The minimum atomic E-state index is 0.133. The van der Waals surface area contributed by atoms with E-state index in [-0.39, 0.29) is 6.04 Å². The highest BCUT2D eigenvalue weighted by atomic mass is 79.9. The van der Waals surface area contributed by atoms with Gasteiger partial charge >= 0.3 is 0 Å². The van der Waals surface area contributed by atoms with Gasteiger partial charge in [-0.3, -0.25) is 0 Å². The Morgan fingerprint density at radius 3 is 2.71 bits per heavy atom. The normalized spacial score (nSPS) is 17.1. The predicted molar refractivity (Wildman–Crippen MR) is 102 cm³/mol. The maximum absolute atomic E-state index is 5.68. The fourth-order valence-corrected chi connectivity index (χ4v) is 4.04. The van der Waals surface area contributed by atoms with Gasteiger partial charge in [-0.05, 0) is 61.2 Å². The number of hydrogen-bond donors (Lipinski definition) is 2. The fraction of sp³-hybridized carbons (Fsp3) is 0.300. The van der Waals surface area contributed by atoms with E-state index in [0.29, 0.717) is 0 Å². The average Bonchev–Trinajstić information content (AvgIpc) is 2.95. The van der Waals surface area contributed by atoms with E-state index in [4.69, 9.17) is 4.74 Å². The Morgan fingerprint density at radius 1 is 1.12 bits per heavy atom. The van der Waals surface area contributed by atoms with Gasteiger partial charge in [0.15, 0.2) is 0 Å². The van der Waals surface area contributed by atoms with Crippen LogP contribution in [0.15, 0.2) is 34.8 Å². The third-order valence-corrected chi connectivity index (χ3v) is 5.56. The van der Waals surface area contributed by atoms with Crippen molar-refractivity contribution in [2.75, 3.05) is 13.7 Å². The fourth-order valence-electron chi connectivity index (χ4n) is 3.68. The van der Waals surface area contributed by atoms with E-state index in [2.05, 4.69) is 70.4 Å². The summed E-state index contributed by atoms with van der Waals surface area (Å²) < 4.78 is 6.80. The molecule has 0 saturated carbocycles. The van der Waals surface area contributed by atoms with Gasteiger partial charge in [0, 0.05) is 33.2 Å². The van der Waals surface area contributed by atoms with Crippen molar-refractivity contribution in [2.24, 2.45) is 0 Å². The number of aryl methyl sites for hydroxylation is 2. The van der Waals surface area contributed by atoms with Crippen molar-refractivity contribution in [1.82, 2.24) is 10.3 Å². The molecule has 3 nitrogen and oxygen atoms in total. The number of methoxy groups -OCH3 is 1. The Morgan fingerprint density at radius 2 is 1.92 bits per heavy atom. The van der Waals surface area contributed by atoms with Gasteiger partial charge in [-0.15, -0.1) is 0 Å². The molecule has 2 aromatic carbocycles. The molecule has 2 N–H and O–H groups in total. The molecule has 1 atom stereocenters. The van der Waals surface area contributed by atoms with Crippen LogP contribution in [0.3, 0.4) is 0 Å². The molecule has 24 heavy (non-hydrogen) atoms. The van der Waals surface area contributed by atoms with Crippen LogP contribution in [0.2, 0.25) is 0 Å². The predicted octanol–water partition coefficient (Wildman–Crippen LogP) is 4.79. The van der Waals surface area contributed by atoms with Gasteiger partial charge in [-0.1, -0.05) is 22.0 Å². The first-order valence-electron chi connectivity index (χ1n) is 8.27. The number of ether oxygens (including phenoxy) is 1. The standard InChI is InChI=1S/C20H21BrN2O/c1-11-8-16(18(24-3)9-12(11)2)19-20-14(6-7-22-19)15-10-13(21)4-5-17(15)23-20/h4-5,8-10,19,22-23H,6-7H2,1-3H3. The molecule has 4 heteroatoms. The first kappa shape index (κ1) is 15.7. The quantitative estimate of drug-likeness (QED) is 0.666. The second-order valence-electron chi connectivity index (χ2n) is 6.52. The molecule has 0 radical (unpaired) electrons. The molecular weight excluding hydrogens is 364 g/mol. The van der Waals surface area contributed by atoms with Gasteiger partial charge < -0.3 is 15.0 Å². The molecule has 0 spiro atoms. The molecule has 3 aromatic rings. The Bertz CT molecular complexity index is 929. The SMILES string of the molecule is COc1cc(C)c(C)cc1C1NCCc2c1[nH]c1ccc(Br)cc21. The third kappa shape index (κ3) is 2.45. The summed E-state index contributed by atoms with van der Waals surface area (Å²) in [5.74, 6) is 0.947. The summed E-state index contributed by atoms with van der Waals surface area (Å²) >= 11 is 3.60. The van der Waals surface area contributed by atoms with Crippen molar-refractivity contribution in [2.45, 2.75) is 26.3 Å². The zero-order chi connectivity index (χ0) is 16.8. The van der Waals surface area contributed by atoms with E-state index in [1.807, 2.05) is 0 Å². The zero-order valence-electron chi connectivity index (χ0n) is 14.2. The number of aromatic amines is 1. The van der Waals surface area contributed by atoms with Crippen LogP contribution < -0.4 is 10.1 Å². The van der Waals surface area contributed by atoms with E-state index in [9.17, 15) is 0 Å². The van der Waals surface area contributed by atoms with Gasteiger partial charge in [0.2, 0.25) is 0 Å². The van der Waals surface area contributed by atoms with Crippen LogP contribution in [0.1, 0.15) is 34.0 Å². The summed E-state index contributed by atoms with van der Waals surface area (Å²) in [5.41, 5.74) is 7.61. The lowest BCUT2D eigenvalue weighted by Crippen LogP contribution is -2.30. The summed E-state index contributed by atoms with van der Waals surface area (Å²) in [6.45, 7) is 5.25. The van der Waals surface area contributed by atoms with Gasteiger partial charge in [-0.2, -0.15) is 0 Å². The highest BCUT2D eigenvalue weighted by Crippen LogP contribution is 2.38. The first-order chi connectivity index (χ1) is 11.6. The van der Waals surface area contributed by atoms with Crippen LogP contribution in [-0.2, 0) is 6.42 Å². The highest BCUT2D eigenvalue weighted by Gasteiger charge is 2.27. The first-order valence-corrected chi connectivity index (χ1v) is 9.06. The molecule has 1 aromatic heterocycles. The van der Waals surface area contributed by atoms with Crippen molar-refractivity contribution in [3.8, 4) is 5.75 Å². The summed E-state index contributed by atoms with van der Waals surface area (Å²) in [7, 11) is 1.75. The van der Waals surface area contributed by atoms with Crippen molar-refractivity contribution in [1.29, 1.82) is 0 Å². The van der Waals surface area contributed by atoms with E-state index >= 15 is 0 Å². The second-order valence-corrected chi connectivity index (χ2v) is 7.44. The topological polar surface area (TPSA) is 37.0 Å². The number of hydrogen-bond acceptors (Lipinski definition) is 2. The van der Waals surface area contributed by atoms with E-state index in [0.717, 1.165) is 23.2 Å². The summed E-state index contributed by atoms with van der Waals surface area (Å²) in [6.07, 6.45) is 1.04. The monoisotopic (exact) mass is 384 g/mol. The molecule has 124 valence electrons. The lowest BCUT2D eigenvalue weighted by Gasteiger charge is -2.27. The molecule has 0 saturated heterocycles. The van der Waals surface area contributed by atoms with E-state index < -0.39 is 0 Å². The van der Waals surface area contributed by atoms with Crippen molar-refractivity contribution < 1.29 is 4.74 Å². The molecule has 1 aliphatic heterocycles. The minimum absolute atomic E-state index is 0.133. The number of rotatable bonds is 2. The number of benzene rings is 2. The highest BCUT2D eigenvalue weighted by molar-refractivity contribution is 9.10. The molecule has 1 unspecified atom stereocenters. The van der Waals surface area contributed by atoms with E-state index in [1.54, 1.807) is 7.11 Å². The molecule has 0 fully saturated rings. The van der Waals surface area contributed by atoms with Crippen molar-refractivity contribution in [3.05, 3.63) is 62.8 Å². The smallest absolute Gasteiger partial charge is 0.124 e. The number of H-pyrrole nitrogens is 1. The van der Waals surface area contributed by atoms with Crippen LogP contribution in [-0.4, -0.2) is 18.6 Å². The maximum Gasteiger partial charge on any atom is 0.124 e. The Balaban J connectivity index is 1.91. The number of aromatic nitrogens is 1. The van der Waals surface area contributed by atoms with Gasteiger partial charge in [-0.25, -0.2) is 0 Å². The summed E-state index contributed by atoms with van der Waals surface area (Å²) in [4.78, 5) is 3.64. The average molecular weight is 385 g/mol. The van der Waals surface area contributed by atoms with Crippen LogP contribution in [0, 0.1) is 13.8 Å². The molecule has 0 bridgehead atoms. The lowest BCUT2D eigenvalue weighted by atomic mass is 9.92. The van der Waals surface area contributed by atoms with Crippen LogP contribution in [0.5, 0.6) is 5.75 Å². The Hall–Kier alpha value is -1.78. The second kappa shape index (κ2) is 5.94. The number of nitrogens with one attached hydrogen (secondary N) is 2. The molecule has 0 aliphatic carbocycles. The Labute approximate surface area is 150 Å². The largest absolute Gasteiger partial charge is 0.496 e. The number of halogens is 1. The van der Waals surface area contributed by atoms with Crippen molar-refractivity contribution >= 4 is 26.8 Å². The van der Waals surface area contributed by atoms with Gasteiger partial charge in [0.25, 0.3) is 0 Å². The van der Waals surface area contributed by atoms with Gasteiger partial charge in [0.1, 0.15) is 5.75 Å². The van der Waals surface area contributed by atoms with E-state index in [1.165, 1.54) is 38.9 Å². The van der Waals surface area contributed by atoms with Crippen LogP contribution in [0.25, 0.3) is 10.9 Å². The Kier molecular flexibility index (Phi) is 3.89. The molecule has 2 heterocycles. The minimum Gasteiger partial charge on any atom is -0.496 e. The molecule has 0 amide bonds. The summed E-state index contributed by atoms with van der Waals surface area (Å²) in [5, 5.41) is 4.98. The van der Waals surface area contributed by atoms with Gasteiger partial charge in [0.05, 0.1) is 13.2 Å². The van der Waals surface area contributed by atoms with Crippen LogP contribution >= 0.6 is 15.9 Å². The van der Waals surface area contributed by atoms with Crippen molar-refractivity contribution in [3.63, 3.8) is 0 Å². The maximum atomic E-state index is 5.68. The zero-order valence-corrected chi connectivity index (χ0v) is 15.8. The number of fused-ring (bicyclic) bond motifs is 3.